The van der Waals surface area contributed by atoms with E-state index < -0.39 is 0 Å². The molecule has 0 aliphatic rings. The number of tetrazole rings is 1. The molecule has 10 heteroatoms. The minimum atomic E-state index is -0.110. The molecule has 0 radical (unpaired) electrons. The minimum absolute atomic E-state index is 0.0807. The van der Waals surface area contributed by atoms with Crippen LogP contribution in [0.1, 0.15) is 5.82 Å². The molecule has 4 aromatic rings. The molecule has 0 bridgehead atoms. The van der Waals surface area contributed by atoms with Gasteiger partial charge in [-0.05, 0) is 46.8 Å². The van der Waals surface area contributed by atoms with Crippen LogP contribution >= 0.6 is 11.8 Å². The Kier molecular flexibility index (Phi) is 5.13. The van der Waals surface area contributed by atoms with Gasteiger partial charge in [0.2, 0.25) is 5.16 Å². The zero-order chi connectivity index (χ0) is 20.2. The molecule has 0 aliphatic carbocycles. The maximum Gasteiger partial charge on any atom is 0.214 e. The van der Waals surface area contributed by atoms with Crippen molar-refractivity contribution in [3.05, 3.63) is 60.1 Å². The average Bonchev–Trinajstić information content (AvgIpc) is 3.39. The molecule has 4 rings (SSSR count). The molecule has 0 fully saturated rings. The number of para-hydroxylation sites is 2. The molecule has 2 aromatic carbocycles. The van der Waals surface area contributed by atoms with E-state index in [0.717, 1.165) is 22.5 Å². The van der Waals surface area contributed by atoms with Crippen molar-refractivity contribution in [2.45, 2.75) is 5.16 Å². The van der Waals surface area contributed by atoms with Crippen molar-refractivity contribution in [2.75, 3.05) is 12.9 Å². The van der Waals surface area contributed by atoms with Gasteiger partial charge in [-0.2, -0.15) is 9.94 Å². The second kappa shape index (κ2) is 8.04. The van der Waals surface area contributed by atoms with Crippen LogP contribution in [0.5, 0.6) is 5.75 Å². The number of aromatic amines is 1. The van der Waals surface area contributed by atoms with Crippen LogP contribution in [0.2, 0.25) is 0 Å². The topological polar surface area (TPSA) is 126 Å². The van der Waals surface area contributed by atoms with E-state index in [1.807, 2.05) is 42.5 Å². The Bertz CT molecular complexity index is 1190. The summed E-state index contributed by atoms with van der Waals surface area (Å²) in [6.45, 7) is 0. The number of nitriles is 1. The van der Waals surface area contributed by atoms with Gasteiger partial charge in [-0.15, -0.1) is 5.10 Å². The van der Waals surface area contributed by atoms with Crippen molar-refractivity contribution >= 4 is 28.4 Å². The number of benzene rings is 2. The number of aromatic nitrogens is 6. The first-order valence-electron chi connectivity index (χ1n) is 8.52. The van der Waals surface area contributed by atoms with Gasteiger partial charge in [0.15, 0.2) is 5.82 Å². The number of allylic oxidation sites excluding steroid dienone is 1. The minimum Gasteiger partial charge on any atom is -0.510 e. The van der Waals surface area contributed by atoms with E-state index in [-0.39, 0.29) is 17.1 Å². The van der Waals surface area contributed by atoms with Crippen LogP contribution in [-0.2, 0) is 0 Å². The van der Waals surface area contributed by atoms with E-state index in [4.69, 9.17) is 4.74 Å². The van der Waals surface area contributed by atoms with Gasteiger partial charge in [-0.25, -0.2) is 4.98 Å². The smallest absolute Gasteiger partial charge is 0.214 e. The average molecular weight is 405 g/mol. The van der Waals surface area contributed by atoms with Gasteiger partial charge in [-0.3, -0.25) is 0 Å². The predicted octanol–water partition coefficient (Wildman–Crippen LogP) is 3.13. The number of fused-ring (bicyclic) bond motifs is 1. The number of rotatable bonds is 6. The molecular formula is C19H15N7O2S. The number of ether oxygens (including phenoxy) is 1. The van der Waals surface area contributed by atoms with Crippen molar-refractivity contribution in [3.8, 4) is 17.5 Å². The molecule has 0 aliphatic heterocycles. The van der Waals surface area contributed by atoms with Crippen LogP contribution in [0, 0.1) is 11.3 Å². The normalized spacial score (nSPS) is 11.9. The van der Waals surface area contributed by atoms with Crippen molar-refractivity contribution < 1.29 is 9.84 Å². The second-order valence-corrected chi connectivity index (χ2v) is 6.84. The Morgan fingerprint density at radius 1 is 1.24 bits per heavy atom. The highest BCUT2D eigenvalue weighted by atomic mass is 32.2. The van der Waals surface area contributed by atoms with Crippen LogP contribution in [0.4, 0.5) is 0 Å². The summed E-state index contributed by atoms with van der Waals surface area (Å²) in [5, 5.41) is 32.2. The van der Waals surface area contributed by atoms with E-state index in [1.54, 1.807) is 23.9 Å². The van der Waals surface area contributed by atoms with Gasteiger partial charge < -0.3 is 14.8 Å². The lowest BCUT2D eigenvalue weighted by atomic mass is 10.2. The Hall–Kier alpha value is -3.84. The summed E-state index contributed by atoms with van der Waals surface area (Å²) in [4.78, 5) is 7.42. The van der Waals surface area contributed by atoms with E-state index >= 15 is 0 Å². The summed E-state index contributed by atoms with van der Waals surface area (Å²) < 4.78 is 6.70. The van der Waals surface area contributed by atoms with Gasteiger partial charge >= 0.3 is 0 Å². The Morgan fingerprint density at radius 3 is 2.76 bits per heavy atom. The van der Waals surface area contributed by atoms with Crippen molar-refractivity contribution in [2.24, 2.45) is 0 Å². The lowest BCUT2D eigenvalue weighted by Gasteiger charge is -2.06. The fourth-order valence-corrected chi connectivity index (χ4v) is 3.45. The van der Waals surface area contributed by atoms with Crippen LogP contribution in [0.25, 0.3) is 22.3 Å². The first-order chi connectivity index (χ1) is 14.2. The van der Waals surface area contributed by atoms with Crippen molar-refractivity contribution in [1.29, 1.82) is 5.26 Å². The second-order valence-electron chi connectivity index (χ2n) is 5.90. The lowest BCUT2D eigenvalue weighted by Crippen LogP contribution is -2.01. The quantitative estimate of drug-likeness (QED) is 0.285. The van der Waals surface area contributed by atoms with Crippen molar-refractivity contribution in [1.82, 2.24) is 30.2 Å². The summed E-state index contributed by atoms with van der Waals surface area (Å²) >= 11 is 1.21. The van der Waals surface area contributed by atoms with Crippen LogP contribution in [0.15, 0.2) is 59.4 Å². The summed E-state index contributed by atoms with van der Waals surface area (Å²) in [7, 11) is 1.59. The highest BCUT2D eigenvalue weighted by molar-refractivity contribution is 7.99. The van der Waals surface area contributed by atoms with Gasteiger partial charge in [0.1, 0.15) is 23.2 Å². The van der Waals surface area contributed by atoms with Crippen molar-refractivity contribution in [3.63, 3.8) is 0 Å². The number of H-pyrrole nitrogens is 1. The largest absolute Gasteiger partial charge is 0.510 e. The fourth-order valence-electron chi connectivity index (χ4n) is 2.68. The highest BCUT2D eigenvalue weighted by Crippen LogP contribution is 2.25. The highest BCUT2D eigenvalue weighted by Gasteiger charge is 2.16. The summed E-state index contributed by atoms with van der Waals surface area (Å²) in [6, 6.07) is 16.7. The van der Waals surface area contributed by atoms with Gasteiger partial charge in [0.05, 0.1) is 29.6 Å². The SMILES string of the molecule is COc1ccc(-n2nnnc2SC/C(O)=C(\C#N)c2nc3ccccc3[nH]2)cc1. The van der Waals surface area contributed by atoms with Gasteiger partial charge in [0, 0.05) is 0 Å². The zero-order valence-corrected chi connectivity index (χ0v) is 16.1. The Morgan fingerprint density at radius 2 is 2.03 bits per heavy atom. The Balaban J connectivity index is 1.56. The van der Waals surface area contributed by atoms with Crippen LogP contribution in [0.3, 0.4) is 0 Å². The molecule has 0 amide bonds. The molecule has 9 nitrogen and oxygen atoms in total. The van der Waals surface area contributed by atoms with Gasteiger partial charge in [0.25, 0.3) is 0 Å². The number of nitrogens with one attached hydrogen (secondary N) is 1. The number of imidazole rings is 1. The Labute approximate surface area is 169 Å². The number of thioether (sulfide) groups is 1. The van der Waals surface area contributed by atoms with E-state index in [1.165, 1.54) is 11.8 Å². The van der Waals surface area contributed by atoms with E-state index in [0.29, 0.717) is 11.0 Å². The predicted molar refractivity (Wildman–Crippen MR) is 108 cm³/mol. The van der Waals surface area contributed by atoms with E-state index in [2.05, 4.69) is 25.5 Å². The lowest BCUT2D eigenvalue weighted by molar-refractivity contribution is 0.414. The molecule has 0 saturated carbocycles. The maximum atomic E-state index is 10.5. The molecular weight excluding hydrogens is 390 g/mol. The van der Waals surface area contributed by atoms with Gasteiger partial charge in [-0.1, -0.05) is 23.9 Å². The molecule has 0 saturated heterocycles. The number of hydrogen-bond acceptors (Lipinski definition) is 8. The monoisotopic (exact) mass is 405 g/mol. The molecule has 0 atom stereocenters. The third-order valence-corrected chi connectivity index (χ3v) is 5.05. The summed E-state index contributed by atoms with van der Waals surface area (Å²) in [6.07, 6.45) is 0. The van der Waals surface area contributed by atoms with Crippen LogP contribution in [-0.4, -0.2) is 48.1 Å². The molecule has 0 unspecified atom stereocenters. The van der Waals surface area contributed by atoms with E-state index in [9.17, 15) is 10.4 Å². The zero-order valence-electron chi connectivity index (χ0n) is 15.3. The number of nitrogens with zero attached hydrogens (tertiary/aromatic N) is 6. The standard InChI is InChI=1S/C19H15N7O2S/c1-28-13-8-6-12(7-9-13)26-19(23-24-25-26)29-11-17(27)14(10-20)18-21-15-4-2-3-5-16(15)22-18/h2-9,27H,11H2,1H3,(H,21,22)/b17-14-. The van der Waals surface area contributed by atoms with Crippen LogP contribution < -0.4 is 4.74 Å². The first kappa shape index (κ1) is 18.5. The fraction of sp³-hybridized carbons (Fsp3) is 0.105. The third-order valence-electron chi connectivity index (χ3n) is 4.12. The molecule has 2 N–H and O–H groups in total. The number of hydrogen-bond donors (Lipinski definition) is 2. The third kappa shape index (κ3) is 3.76. The molecule has 2 heterocycles. The summed E-state index contributed by atoms with van der Waals surface area (Å²) in [5.41, 5.74) is 2.34. The summed E-state index contributed by atoms with van der Waals surface area (Å²) in [5.74, 6) is 1.04. The molecule has 2 aromatic heterocycles. The maximum absolute atomic E-state index is 10.5. The number of methoxy groups -OCH3 is 1. The molecule has 0 spiro atoms. The molecule has 29 heavy (non-hydrogen) atoms. The number of aliphatic hydroxyl groups excluding tert-OH is 1. The number of aliphatic hydroxyl groups is 1. The molecule has 144 valence electrons. The first-order valence-corrected chi connectivity index (χ1v) is 9.51.